The molecular formula is C62H125NO3. The van der Waals surface area contributed by atoms with E-state index in [4.69, 9.17) is 0 Å². The molecule has 4 nitrogen and oxygen atoms in total. The Morgan fingerprint density at radius 2 is 0.485 bits per heavy atom. The first kappa shape index (κ1) is 65.4. The Hall–Kier alpha value is -0.610. The Labute approximate surface area is 416 Å². The van der Waals surface area contributed by atoms with Crippen LogP contribution in [0.1, 0.15) is 373 Å². The number of amides is 1. The van der Waals surface area contributed by atoms with Crippen LogP contribution in [-0.4, -0.2) is 34.9 Å². The SMILES string of the molecule is CCCCCCCCCCCCCCCCCCCCCCCCCCCCCCCC(O)C(CO)NC(=O)CCCCCCCCCCCCCCCCCCCCCCCCCCC. The maximum absolute atomic E-state index is 12.5. The molecule has 0 aliphatic carbocycles. The molecule has 0 aromatic heterocycles. The van der Waals surface area contributed by atoms with Gasteiger partial charge >= 0.3 is 0 Å². The van der Waals surface area contributed by atoms with Crippen LogP contribution in [-0.2, 0) is 4.79 Å². The van der Waals surface area contributed by atoms with Gasteiger partial charge in [-0.1, -0.05) is 354 Å². The normalized spacial score (nSPS) is 12.6. The second-order valence-electron chi connectivity index (χ2n) is 21.8. The van der Waals surface area contributed by atoms with Gasteiger partial charge in [0.15, 0.2) is 0 Å². The number of aliphatic hydroxyl groups excluding tert-OH is 2. The number of aliphatic hydroxyl groups is 2. The molecule has 0 aromatic carbocycles. The van der Waals surface area contributed by atoms with E-state index in [2.05, 4.69) is 19.2 Å². The summed E-state index contributed by atoms with van der Waals surface area (Å²) in [5, 5.41) is 23.4. The van der Waals surface area contributed by atoms with Crippen molar-refractivity contribution in [1.82, 2.24) is 5.32 Å². The smallest absolute Gasteiger partial charge is 0.220 e. The van der Waals surface area contributed by atoms with Crippen molar-refractivity contribution >= 4 is 5.91 Å². The van der Waals surface area contributed by atoms with E-state index < -0.39 is 12.1 Å². The van der Waals surface area contributed by atoms with Crippen molar-refractivity contribution in [3.63, 3.8) is 0 Å². The van der Waals surface area contributed by atoms with E-state index in [1.807, 2.05) is 0 Å². The van der Waals surface area contributed by atoms with Gasteiger partial charge in [0, 0.05) is 6.42 Å². The molecule has 0 spiro atoms. The minimum Gasteiger partial charge on any atom is -0.394 e. The lowest BCUT2D eigenvalue weighted by Crippen LogP contribution is -2.45. The Morgan fingerprint density at radius 3 is 0.682 bits per heavy atom. The third-order valence-corrected chi connectivity index (χ3v) is 15.1. The molecule has 396 valence electrons. The monoisotopic (exact) mass is 932 g/mol. The quantitative estimate of drug-likeness (QED) is 0.0532. The van der Waals surface area contributed by atoms with Crippen molar-refractivity contribution in [2.24, 2.45) is 0 Å². The van der Waals surface area contributed by atoms with E-state index in [0.717, 1.165) is 25.7 Å². The fraction of sp³-hybridized carbons (Fsp3) is 0.984. The molecular weight excluding hydrogens is 807 g/mol. The average molecular weight is 933 g/mol. The molecule has 0 rings (SSSR count). The molecule has 0 radical (unpaired) electrons. The predicted octanol–water partition coefficient (Wildman–Crippen LogP) is 20.7. The second-order valence-corrected chi connectivity index (χ2v) is 21.8. The van der Waals surface area contributed by atoms with Gasteiger partial charge in [-0.25, -0.2) is 0 Å². The molecule has 2 atom stereocenters. The van der Waals surface area contributed by atoms with Crippen LogP contribution < -0.4 is 5.32 Å². The highest BCUT2D eigenvalue weighted by Crippen LogP contribution is 2.19. The third kappa shape index (κ3) is 54.3. The summed E-state index contributed by atoms with van der Waals surface area (Å²) in [6, 6.07) is -0.532. The Bertz CT molecular complexity index is 879. The minimum atomic E-state index is -0.656. The molecule has 3 N–H and O–H groups in total. The summed E-state index contributed by atoms with van der Waals surface area (Å²) in [4.78, 5) is 12.5. The maximum Gasteiger partial charge on any atom is 0.220 e. The zero-order valence-corrected chi connectivity index (χ0v) is 45.8. The van der Waals surface area contributed by atoms with E-state index in [9.17, 15) is 15.0 Å². The van der Waals surface area contributed by atoms with Crippen molar-refractivity contribution in [1.29, 1.82) is 0 Å². The van der Waals surface area contributed by atoms with Crippen LogP contribution in [0, 0.1) is 0 Å². The summed E-state index contributed by atoms with van der Waals surface area (Å²) in [5.41, 5.74) is 0. The number of unbranched alkanes of at least 4 members (excludes halogenated alkanes) is 52. The number of nitrogens with one attached hydrogen (secondary N) is 1. The van der Waals surface area contributed by atoms with E-state index in [0.29, 0.717) is 12.8 Å². The summed E-state index contributed by atoms with van der Waals surface area (Å²) < 4.78 is 0. The van der Waals surface area contributed by atoms with Crippen LogP contribution in [0.5, 0.6) is 0 Å². The molecule has 0 heterocycles. The van der Waals surface area contributed by atoms with Crippen LogP contribution in [0.2, 0.25) is 0 Å². The average Bonchev–Trinajstić information content (AvgIpc) is 3.32. The molecule has 0 aliphatic heterocycles. The van der Waals surface area contributed by atoms with Gasteiger partial charge in [-0.15, -0.1) is 0 Å². The van der Waals surface area contributed by atoms with Crippen LogP contribution >= 0.6 is 0 Å². The van der Waals surface area contributed by atoms with E-state index >= 15 is 0 Å². The molecule has 0 fully saturated rings. The highest BCUT2D eigenvalue weighted by Gasteiger charge is 2.20. The topological polar surface area (TPSA) is 69.6 Å². The minimum absolute atomic E-state index is 0.0206. The zero-order chi connectivity index (χ0) is 47.7. The van der Waals surface area contributed by atoms with Crippen molar-refractivity contribution in [3.8, 4) is 0 Å². The summed E-state index contributed by atoms with van der Waals surface area (Å²) >= 11 is 0. The molecule has 0 saturated carbocycles. The van der Waals surface area contributed by atoms with Crippen molar-refractivity contribution in [2.75, 3.05) is 6.61 Å². The molecule has 0 aliphatic rings. The second kappa shape index (κ2) is 58.7. The Kier molecular flexibility index (Phi) is 58.2. The van der Waals surface area contributed by atoms with Crippen molar-refractivity contribution < 1.29 is 15.0 Å². The zero-order valence-electron chi connectivity index (χ0n) is 45.8. The maximum atomic E-state index is 12.5. The van der Waals surface area contributed by atoms with Crippen molar-refractivity contribution in [2.45, 2.75) is 386 Å². The van der Waals surface area contributed by atoms with E-state index in [-0.39, 0.29) is 12.5 Å². The number of carbonyl (C=O) groups is 1. The standard InChI is InChI=1S/C62H125NO3/c1-3-5-7-9-11-13-15-17-19-21-23-25-27-29-30-31-32-34-35-37-39-41-43-45-47-49-51-53-55-57-61(65)60(59-64)63-62(66)58-56-54-52-50-48-46-44-42-40-38-36-33-28-26-24-22-20-18-16-14-12-10-8-6-4-2/h60-61,64-65H,3-59H2,1-2H3,(H,63,66). The lowest BCUT2D eigenvalue weighted by Gasteiger charge is -2.22. The van der Waals surface area contributed by atoms with Gasteiger partial charge in [-0.05, 0) is 12.8 Å². The van der Waals surface area contributed by atoms with Crippen molar-refractivity contribution in [3.05, 3.63) is 0 Å². The van der Waals surface area contributed by atoms with Crippen LogP contribution in [0.25, 0.3) is 0 Å². The third-order valence-electron chi connectivity index (χ3n) is 15.1. The molecule has 0 aromatic rings. The number of rotatable bonds is 59. The van der Waals surface area contributed by atoms with E-state index in [1.165, 1.54) is 321 Å². The first-order chi connectivity index (χ1) is 32.7. The van der Waals surface area contributed by atoms with Gasteiger partial charge in [-0.3, -0.25) is 4.79 Å². The lowest BCUT2D eigenvalue weighted by molar-refractivity contribution is -0.123. The predicted molar refractivity (Wildman–Crippen MR) is 295 cm³/mol. The molecule has 1 amide bonds. The number of carbonyl (C=O) groups excluding carboxylic acids is 1. The Balaban J connectivity index is 3.38. The summed E-state index contributed by atoms with van der Waals surface area (Å²) in [5.74, 6) is -0.0206. The summed E-state index contributed by atoms with van der Waals surface area (Å²) in [6.45, 7) is 4.41. The fourth-order valence-electron chi connectivity index (χ4n) is 10.4. The highest BCUT2D eigenvalue weighted by molar-refractivity contribution is 5.76. The highest BCUT2D eigenvalue weighted by atomic mass is 16.3. The molecule has 4 heteroatoms. The molecule has 66 heavy (non-hydrogen) atoms. The van der Waals surface area contributed by atoms with Gasteiger partial charge < -0.3 is 15.5 Å². The van der Waals surface area contributed by atoms with Gasteiger partial charge in [0.1, 0.15) is 0 Å². The van der Waals surface area contributed by atoms with E-state index in [1.54, 1.807) is 0 Å². The largest absolute Gasteiger partial charge is 0.394 e. The van der Waals surface area contributed by atoms with Gasteiger partial charge in [0.05, 0.1) is 18.8 Å². The summed E-state index contributed by atoms with van der Waals surface area (Å²) in [7, 11) is 0. The first-order valence-corrected chi connectivity index (χ1v) is 31.2. The van der Waals surface area contributed by atoms with Gasteiger partial charge in [0.25, 0.3) is 0 Å². The van der Waals surface area contributed by atoms with Crippen LogP contribution in [0.15, 0.2) is 0 Å². The fourth-order valence-corrected chi connectivity index (χ4v) is 10.4. The molecule has 0 bridgehead atoms. The van der Waals surface area contributed by atoms with Crippen LogP contribution in [0.3, 0.4) is 0 Å². The number of hydrogen-bond acceptors (Lipinski definition) is 3. The number of hydrogen-bond donors (Lipinski definition) is 3. The summed E-state index contributed by atoms with van der Waals surface area (Å²) in [6.07, 6.45) is 75.5. The van der Waals surface area contributed by atoms with Gasteiger partial charge in [0.2, 0.25) is 5.91 Å². The first-order valence-electron chi connectivity index (χ1n) is 31.2. The van der Waals surface area contributed by atoms with Crippen LogP contribution in [0.4, 0.5) is 0 Å². The molecule has 2 unspecified atom stereocenters. The molecule has 0 saturated heterocycles. The lowest BCUT2D eigenvalue weighted by atomic mass is 10.0. The Morgan fingerprint density at radius 1 is 0.303 bits per heavy atom. The van der Waals surface area contributed by atoms with Gasteiger partial charge in [-0.2, -0.15) is 0 Å².